The molecule has 2 aliphatic rings. The van der Waals surface area contributed by atoms with E-state index in [2.05, 4.69) is 24.4 Å². The Morgan fingerprint density at radius 2 is 1.77 bits per heavy atom. The van der Waals surface area contributed by atoms with E-state index in [9.17, 15) is 9.59 Å². The number of benzene rings is 2. The standard InChI is InChI=1S/C26H30N2O2S/c1-2-19-13-15-20(16-14-19)17-24-26(30)28(22-11-7-8-12-23(22)31-24)18-25(29)27-21-9-5-3-4-6-10-21/h7-8,11-17,21H,2-6,9-10,18H2,1H3,(H,27,29). The molecule has 0 unspecified atom stereocenters. The molecule has 2 aromatic rings. The van der Waals surface area contributed by atoms with E-state index < -0.39 is 0 Å². The lowest BCUT2D eigenvalue weighted by molar-refractivity contribution is -0.123. The third-order valence-electron chi connectivity index (χ3n) is 6.04. The predicted octanol–water partition coefficient (Wildman–Crippen LogP) is 5.57. The Hall–Kier alpha value is -2.53. The van der Waals surface area contributed by atoms with Crippen molar-refractivity contribution in [1.82, 2.24) is 5.32 Å². The summed E-state index contributed by atoms with van der Waals surface area (Å²) in [5.74, 6) is -0.187. The molecular formula is C26H30N2O2S. The van der Waals surface area contributed by atoms with Crippen molar-refractivity contribution < 1.29 is 9.59 Å². The lowest BCUT2D eigenvalue weighted by Crippen LogP contribution is -2.45. The molecule has 1 saturated carbocycles. The number of fused-ring (bicyclic) bond motifs is 1. The molecule has 0 atom stereocenters. The first kappa shape index (κ1) is 21.7. The Bertz CT molecular complexity index is 960. The molecule has 2 aromatic carbocycles. The van der Waals surface area contributed by atoms with E-state index >= 15 is 0 Å². The minimum absolute atomic E-state index is 0.0546. The number of nitrogens with one attached hydrogen (secondary N) is 1. The van der Waals surface area contributed by atoms with Crippen LogP contribution in [0.5, 0.6) is 0 Å². The topological polar surface area (TPSA) is 49.4 Å². The average molecular weight is 435 g/mol. The molecule has 0 saturated heterocycles. The van der Waals surface area contributed by atoms with E-state index in [0.29, 0.717) is 4.91 Å². The molecule has 0 spiro atoms. The van der Waals surface area contributed by atoms with Gasteiger partial charge in [0, 0.05) is 10.9 Å². The average Bonchev–Trinajstić information content (AvgIpc) is 3.05. The van der Waals surface area contributed by atoms with Crippen LogP contribution in [0.25, 0.3) is 6.08 Å². The van der Waals surface area contributed by atoms with Crippen LogP contribution < -0.4 is 10.2 Å². The zero-order valence-corrected chi connectivity index (χ0v) is 18.9. The molecule has 0 bridgehead atoms. The van der Waals surface area contributed by atoms with Crippen LogP contribution in [0.1, 0.15) is 56.6 Å². The molecule has 4 rings (SSSR count). The number of amides is 2. The van der Waals surface area contributed by atoms with Gasteiger partial charge in [0.15, 0.2) is 0 Å². The summed E-state index contributed by atoms with van der Waals surface area (Å²) in [5.41, 5.74) is 3.08. The summed E-state index contributed by atoms with van der Waals surface area (Å²) >= 11 is 1.48. The molecule has 1 N–H and O–H groups in total. The molecule has 1 aliphatic carbocycles. The fourth-order valence-corrected chi connectivity index (χ4v) is 5.32. The first-order chi connectivity index (χ1) is 15.1. The highest BCUT2D eigenvalue weighted by Crippen LogP contribution is 2.41. The quantitative estimate of drug-likeness (QED) is 0.494. The van der Waals surface area contributed by atoms with Crippen molar-refractivity contribution in [3.05, 3.63) is 64.6 Å². The Balaban J connectivity index is 1.54. The summed E-state index contributed by atoms with van der Waals surface area (Å²) in [6, 6.07) is 16.3. The number of carbonyl (C=O) groups excluding carboxylic acids is 2. The smallest absolute Gasteiger partial charge is 0.265 e. The predicted molar refractivity (Wildman–Crippen MR) is 128 cm³/mol. The van der Waals surface area contributed by atoms with E-state index in [1.807, 2.05) is 42.5 Å². The van der Waals surface area contributed by atoms with Crippen LogP contribution in [0.4, 0.5) is 5.69 Å². The maximum atomic E-state index is 13.4. The van der Waals surface area contributed by atoms with Crippen LogP contribution >= 0.6 is 11.8 Å². The Kier molecular flexibility index (Phi) is 7.13. The molecule has 162 valence electrons. The van der Waals surface area contributed by atoms with Gasteiger partial charge in [0.2, 0.25) is 5.91 Å². The second kappa shape index (κ2) is 10.2. The monoisotopic (exact) mass is 434 g/mol. The second-order valence-electron chi connectivity index (χ2n) is 8.32. The van der Waals surface area contributed by atoms with Gasteiger partial charge in [0.1, 0.15) is 6.54 Å². The van der Waals surface area contributed by atoms with Crippen LogP contribution in [-0.2, 0) is 16.0 Å². The minimum atomic E-state index is -0.112. The lowest BCUT2D eigenvalue weighted by atomic mass is 10.1. The molecule has 4 nitrogen and oxygen atoms in total. The van der Waals surface area contributed by atoms with Crippen LogP contribution in [-0.4, -0.2) is 24.4 Å². The highest BCUT2D eigenvalue weighted by Gasteiger charge is 2.30. The lowest BCUT2D eigenvalue weighted by Gasteiger charge is -2.30. The van der Waals surface area contributed by atoms with Crippen molar-refractivity contribution in [3.8, 4) is 0 Å². The number of carbonyl (C=O) groups is 2. The van der Waals surface area contributed by atoms with Gasteiger partial charge >= 0.3 is 0 Å². The van der Waals surface area contributed by atoms with Gasteiger partial charge in [-0.3, -0.25) is 14.5 Å². The van der Waals surface area contributed by atoms with Crippen LogP contribution in [0.2, 0.25) is 0 Å². The number of hydrogen-bond donors (Lipinski definition) is 1. The van der Waals surface area contributed by atoms with Crippen molar-refractivity contribution >= 4 is 35.3 Å². The van der Waals surface area contributed by atoms with E-state index in [1.165, 1.54) is 30.2 Å². The van der Waals surface area contributed by atoms with Gasteiger partial charge in [-0.1, -0.05) is 80.8 Å². The molecular weight excluding hydrogens is 404 g/mol. The third-order valence-corrected chi connectivity index (χ3v) is 7.12. The molecule has 1 heterocycles. The van der Waals surface area contributed by atoms with Gasteiger partial charge in [-0.25, -0.2) is 0 Å². The zero-order valence-electron chi connectivity index (χ0n) is 18.1. The molecule has 1 fully saturated rings. The maximum Gasteiger partial charge on any atom is 0.265 e. The van der Waals surface area contributed by atoms with E-state index in [0.717, 1.165) is 48.3 Å². The summed E-state index contributed by atoms with van der Waals surface area (Å²) in [4.78, 5) is 29.5. The summed E-state index contributed by atoms with van der Waals surface area (Å²) in [7, 11) is 0. The number of aryl methyl sites for hydroxylation is 1. The Morgan fingerprint density at radius 1 is 1.06 bits per heavy atom. The first-order valence-corrected chi connectivity index (χ1v) is 12.1. The van der Waals surface area contributed by atoms with Gasteiger partial charge < -0.3 is 5.32 Å². The maximum absolute atomic E-state index is 13.4. The van der Waals surface area contributed by atoms with Gasteiger partial charge in [-0.15, -0.1) is 0 Å². The van der Waals surface area contributed by atoms with Gasteiger partial charge in [0.25, 0.3) is 5.91 Å². The van der Waals surface area contributed by atoms with Crippen molar-refractivity contribution in [2.24, 2.45) is 0 Å². The number of thioether (sulfide) groups is 1. The largest absolute Gasteiger partial charge is 0.352 e. The van der Waals surface area contributed by atoms with Gasteiger partial charge in [-0.05, 0) is 48.6 Å². The van der Waals surface area contributed by atoms with E-state index in [4.69, 9.17) is 0 Å². The molecule has 1 aliphatic heterocycles. The normalized spacial score (nSPS) is 18.5. The molecule has 0 aromatic heterocycles. The van der Waals surface area contributed by atoms with Crippen LogP contribution in [0, 0.1) is 0 Å². The SMILES string of the molecule is CCc1ccc(C=C2Sc3ccccc3N(CC(=O)NC3CCCCCC3)C2=O)cc1. The minimum Gasteiger partial charge on any atom is -0.352 e. The second-order valence-corrected chi connectivity index (χ2v) is 9.40. The summed E-state index contributed by atoms with van der Waals surface area (Å²) < 4.78 is 0. The molecule has 31 heavy (non-hydrogen) atoms. The molecule has 2 amide bonds. The fraction of sp³-hybridized carbons (Fsp3) is 0.385. The Morgan fingerprint density at radius 3 is 2.48 bits per heavy atom. The van der Waals surface area contributed by atoms with E-state index in [1.54, 1.807) is 4.90 Å². The van der Waals surface area contributed by atoms with Crippen molar-refractivity contribution in [2.75, 3.05) is 11.4 Å². The summed E-state index contributed by atoms with van der Waals surface area (Å²) in [6.45, 7) is 2.18. The Labute approximate surface area is 189 Å². The van der Waals surface area contributed by atoms with Crippen molar-refractivity contribution in [3.63, 3.8) is 0 Å². The van der Waals surface area contributed by atoms with E-state index in [-0.39, 0.29) is 24.4 Å². The summed E-state index contributed by atoms with van der Waals surface area (Å²) in [5, 5.41) is 3.18. The molecule has 5 heteroatoms. The fourth-order valence-electron chi connectivity index (χ4n) is 4.26. The van der Waals surface area contributed by atoms with Gasteiger partial charge in [0.05, 0.1) is 10.6 Å². The van der Waals surface area contributed by atoms with Gasteiger partial charge in [-0.2, -0.15) is 0 Å². The number of nitrogens with zero attached hydrogens (tertiary/aromatic N) is 1. The highest BCUT2D eigenvalue weighted by molar-refractivity contribution is 8.04. The van der Waals surface area contributed by atoms with Crippen molar-refractivity contribution in [2.45, 2.75) is 62.8 Å². The zero-order chi connectivity index (χ0) is 21.6. The first-order valence-electron chi connectivity index (χ1n) is 11.3. The number of anilines is 1. The highest BCUT2D eigenvalue weighted by atomic mass is 32.2. The number of para-hydroxylation sites is 1. The van der Waals surface area contributed by atoms with Crippen molar-refractivity contribution in [1.29, 1.82) is 0 Å². The molecule has 0 radical (unpaired) electrons. The van der Waals surface area contributed by atoms with Crippen LogP contribution in [0.3, 0.4) is 0 Å². The number of hydrogen-bond acceptors (Lipinski definition) is 3. The number of rotatable bonds is 5. The third kappa shape index (κ3) is 5.40. The van der Waals surface area contributed by atoms with Crippen LogP contribution in [0.15, 0.2) is 58.3 Å². The summed E-state index contributed by atoms with van der Waals surface area (Å²) in [6.07, 6.45) is 9.80.